The molecule has 0 amide bonds. The molecule has 0 radical (unpaired) electrons. The van der Waals surface area contributed by atoms with E-state index in [4.69, 9.17) is 4.74 Å². The van der Waals surface area contributed by atoms with Gasteiger partial charge in [0, 0.05) is 6.54 Å². The summed E-state index contributed by atoms with van der Waals surface area (Å²) in [6, 6.07) is 0. The third kappa shape index (κ3) is 1.18. The minimum Gasteiger partial charge on any atom is -0.358 e. The molecule has 0 atom stereocenters. The number of hydrogen-bond acceptors (Lipinski definition) is 3. The Hall–Kier alpha value is 0.270. The lowest BCUT2D eigenvalue weighted by molar-refractivity contribution is 0.00476. The van der Waals surface area contributed by atoms with Crippen LogP contribution in [-0.2, 0) is 4.74 Å². The van der Waals surface area contributed by atoms with Gasteiger partial charge in [0.1, 0.15) is 0 Å². The van der Waals surface area contributed by atoms with Crippen LogP contribution in [0.2, 0.25) is 0 Å². The fourth-order valence-corrected chi connectivity index (χ4v) is 2.84. The third-order valence-electron chi connectivity index (χ3n) is 2.33. The summed E-state index contributed by atoms with van der Waals surface area (Å²) in [6.07, 6.45) is 2.48. The van der Waals surface area contributed by atoms with E-state index in [0.29, 0.717) is 0 Å². The first-order chi connectivity index (χ1) is 4.91. The van der Waals surface area contributed by atoms with E-state index in [2.05, 4.69) is 5.32 Å². The van der Waals surface area contributed by atoms with Crippen LogP contribution in [0.25, 0.3) is 0 Å². The molecule has 2 rings (SSSR count). The van der Waals surface area contributed by atoms with E-state index in [0.717, 1.165) is 13.3 Å². The maximum Gasteiger partial charge on any atom is 0.0974 e. The van der Waals surface area contributed by atoms with Crippen LogP contribution in [0.15, 0.2) is 0 Å². The van der Waals surface area contributed by atoms with Crippen LogP contribution in [0.5, 0.6) is 0 Å². The summed E-state index contributed by atoms with van der Waals surface area (Å²) >= 11 is 2.05. The van der Waals surface area contributed by atoms with Crippen molar-refractivity contribution in [2.45, 2.75) is 18.4 Å². The number of nitrogens with one attached hydrogen (secondary N) is 1. The molecule has 2 aliphatic rings. The molecule has 0 saturated carbocycles. The highest BCUT2D eigenvalue weighted by atomic mass is 32.2. The lowest BCUT2D eigenvalue weighted by atomic mass is 9.97. The van der Waals surface area contributed by atoms with Gasteiger partial charge in [0.05, 0.1) is 12.3 Å². The van der Waals surface area contributed by atoms with Gasteiger partial charge in [0.2, 0.25) is 0 Å². The highest BCUT2D eigenvalue weighted by Crippen LogP contribution is 2.31. The normalized spacial score (nSPS) is 31.2. The Balaban J connectivity index is 1.98. The van der Waals surface area contributed by atoms with Crippen LogP contribution in [0.4, 0.5) is 0 Å². The van der Waals surface area contributed by atoms with Crippen molar-refractivity contribution < 1.29 is 4.74 Å². The highest BCUT2D eigenvalue weighted by molar-refractivity contribution is 7.99. The Kier molecular flexibility index (Phi) is 1.89. The van der Waals surface area contributed by atoms with Crippen molar-refractivity contribution in [3.63, 3.8) is 0 Å². The van der Waals surface area contributed by atoms with Gasteiger partial charge in [-0.1, -0.05) is 0 Å². The van der Waals surface area contributed by atoms with Crippen LogP contribution >= 0.6 is 11.8 Å². The van der Waals surface area contributed by atoms with Gasteiger partial charge in [-0.2, -0.15) is 11.8 Å². The van der Waals surface area contributed by atoms with E-state index in [1.165, 1.54) is 24.3 Å². The van der Waals surface area contributed by atoms with Crippen LogP contribution < -0.4 is 5.32 Å². The molecule has 2 nitrogen and oxygen atoms in total. The largest absolute Gasteiger partial charge is 0.358 e. The summed E-state index contributed by atoms with van der Waals surface area (Å²) in [5.41, 5.74) is 0.241. The van der Waals surface area contributed by atoms with Crippen LogP contribution in [0, 0.1) is 0 Å². The molecule has 1 N–H and O–H groups in total. The van der Waals surface area contributed by atoms with E-state index in [1.54, 1.807) is 0 Å². The standard InChI is InChI=1S/C7H13NOS/c1-3-10-4-2-7(1)5-8-6-9-7/h8H,1-6H2. The Bertz CT molecular complexity index is 115. The van der Waals surface area contributed by atoms with Crippen molar-refractivity contribution in [1.29, 1.82) is 0 Å². The maximum atomic E-state index is 5.66. The van der Waals surface area contributed by atoms with Gasteiger partial charge in [0.25, 0.3) is 0 Å². The second kappa shape index (κ2) is 2.72. The first-order valence-electron chi connectivity index (χ1n) is 3.84. The molecular formula is C7H13NOS. The number of rotatable bonds is 0. The fourth-order valence-electron chi connectivity index (χ4n) is 1.60. The molecule has 1 spiro atoms. The molecule has 0 aromatic carbocycles. The van der Waals surface area contributed by atoms with Gasteiger partial charge in [-0.05, 0) is 24.3 Å². The summed E-state index contributed by atoms with van der Waals surface area (Å²) in [6.45, 7) is 1.85. The predicted molar refractivity (Wildman–Crippen MR) is 43.2 cm³/mol. The molecule has 10 heavy (non-hydrogen) atoms. The third-order valence-corrected chi connectivity index (χ3v) is 3.32. The van der Waals surface area contributed by atoms with Gasteiger partial charge in [-0.3, -0.25) is 5.32 Å². The van der Waals surface area contributed by atoms with Gasteiger partial charge >= 0.3 is 0 Å². The van der Waals surface area contributed by atoms with Crippen molar-refractivity contribution in [3.05, 3.63) is 0 Å². The minimum atomic E-state index is 0.241. The molecule has 0 aliphatic carbocycles. The zero-order valence-electron chi connectivity index (χ0n) is 6.06. The second-order valence-electron chi connectivity index (χ2n) is 3.01. The first-order valence-corrected chi connectivity index (χ1v) is 4.99. The Labute approximate surface area is 65.7 Å². The molecule has 3 heteroatoms. The lowest BCUT2D eigenvalue weighted by Gasteiger charge is -2.30. The van der Waals surface area contributed by atoms with E-state index in [1.807, 2.05) is 11.8 Å². The second-order valence-corrected chi connectivity index (χ2v) is 4.24. The molecule has 2 saturated heterocycles. The van der Waals surface area contributed by atoms with Crippen molar-refractivity contribution >= 4 is 11.8 Å². The average molecular weight is 159 g/mol. The summed E-state index contributed by atoms with van der Waals surface area (Å²) in [5, 5.41) is 3.25. The van der Waals surface area contributed by atoms with Gasteiger partial charge in [-0.15, -0.1) is 0 Å². The predicted octanol–water partition coefficient (Wildman–Crippen LogP) is 0.829. The molecule has 0 bridgehead atoms. The number of hydrogen-bond donors (Lipinski definition) is 1. The molecule has 2 fully saturated rings. The Morgan fingerprint density at radius 2 is 2.10 bits per heavy atom. The van der Waals surface area contributed by atoms with E-state index in [-0.39, 0.29) is 5.60 Å². The average Bonchev–Trinajstić information content (AvgIpc) is 2.39. The molecule has 0 aromatic rings. The van der Waals surface area contributed by atoms with Crippen LogP contribution in [0.1, 0.15) is 12.8 Å². The van der Waals surface area contributed by atoms with Gasteiger partial charge in [-0.25, -0.2) is 0 Å². The van der Waals surface area contributed by atoms with Gasteiger partial charge in [0.15, 0.2) is 0 Å². The molecular weight excluding hydrogens is 146 g/mol. The van der Waals surface area contributed by atoms with Gasteiger partial charge < -0.3 is 4.74 Å². The Morgan fingerprint density at radius 3 is 2.70 bits per heavy atom. The zero-order valence-corrected chi connectivity index (χ0v) is 6.88. The zero-order chi connectivity index (χ0) is 6.86. The van der Waals surface area contributed by atoms with Crippen LogP contribution in [-0.4, -0.2) is 30.4 Å². The topological polar surface area (TPSA) is 21.3 Å². The van der Waals surface area contributed by atoms with E-state index in [9.17, 15) is 0 Å². The maximum absolute atomic E-state index is 5.66. The van der Waals surface area contributed by atoms with E-state index < -0.39 is 0 Å². The smallest absolute Gasteiger partial charge is 0.0974 e. The lowest BCUT2D eigenvalue weighted by Crippen LogP contribution is -2.37. The SMILES string of the molecule is C1NCC2(CCSCC2)O1. The van der Waals surface area contributed by atoms with E-state index >= 15 is 0 Å². The number of thioether (sulfide) groups is 1. The summed E-state index contributed by atoms with van der Waals surface area (Å²) in [5.74, 6) is 2.56. The minimum absolute atomic E-state index is 0.241. The van der Waals surface area contributed by atoms with Crippen molar-refractivity contribution in [2.75, 3.05) is 24.8 Å². The molecule has 2 aliphatic heterocycles. The summed E-state index contributed by atoms with van der Waals surface area (Å²) < 4.78 is 5.66. The molecule has 2 heterocycles. The highest BCUT2D eigenvalue weighted by Gasteiger charge is 2.36. The number of ether oxygens (including phenoxy) is 1. The van der Waals surface area contributed by atoms with Crippen molar-refractivity contribution in [2.24, 2.45) is 0 Å². The monoisotopic (exact) mass is 159 g/mol. The van der Waals surface area contributed by atoms with Crippen molar-refractivity contribution in [3.8, 4) is 0 Å². The summed E-state index contributed by atoms with van der Waals surface area (Å²) in [4.78, 5) is 0. The molecule has 58 valence electrons. The fraction of sp³-hybridized carbons (Fsp3) is 1.00. The molecule has 0 unspecified atom stereocenters. The first kappa shape index (κ1) is 6.95. The Morgan fingerprint density at radius 1 is 1.30 bits per heavy atom. The summed E-state index contributed by atoms with van der Waals surface area (Å²) in [7, 11) is 0. The quantitative estimate of drug-likeness (QED) is 0.565. The van der Waals surface area contributed by atoms with Crippen LogP contribution in [0.3, 0.4) is 0 Å². The molecule has 0 aromatic heterocycles. The van der Waals surface area contributed by atoms with Crippen molar-refractivity contribution in [1.82, 2.24) is 5.32 Å².